The summed E-state index contributed by atoms with van der Waals surface area (Å²) < 4.78 is 0. The lowest BCUT2D eigenvalue weighted by Crippen LogP contribution is -2.50. The van der Waals surface area contributed by atoms with E-state index in [1.807, 2.05) is 30.3 Å². The number of benzene rings is 1. The van der Waals surface area contributed by atoms with E-state index in [-0.39, 0.29) is 17.6 Å². The Bertz CT molecular complexity index is 542. The summed E-state index contributed by atoms with van der Waals surface area (Å²) in [5.41, 5.74) is 6.47. The minimum Gasteiger partial charge on any atom is -0.368 e. The third kappa shape index (κ3) is 4.69. The van der Waals surface area contributed by atoms with Crippen molar-refractivity contribution in [3.05, 3.63) is 35.9 Å². The van der Waals surface area contributed by atoms with Gasteiger partial charge in [0.1, 0.15) is 11.8 Å². The molecule has 0 bridgehead atoms. The van der Waals surface area contributed by atoms with Gasteiger partial charge in [-0.15, -0.1) is 0 Å². The molecule has 0 heterocycles. The number of nitrogens with two attached hydrogens (primary N) is 1. The number of Topliss-reactive ketones (excluding diaryl/α,β-unsaturated/α-hetero) is 1. The quantitative estimate of drug-likeness (QED) is 0.831. The zero-order valence-electron chi connectivity index (χ0n) is 12.6. The van der Waals surface area contributed by atoms with E-state index in [0.717, 1.165) is 18.4 Å². The number of rotatable bonds is 6. The van der Waals surface area contributed by atoms with Crippen LogP contribution in [0.15, 0.2) is 30.3 Å². The lowest BCUT2D eigenvalue weighted by molar-refractivity contribution is -0.130. The fourth-order valence-electron chi connectivity index (χ4n) is 2.91. The van der Waals surface area contributed by atoms with Crippen molar-refractivity contribution >= 4 is 17.6 Å². The highest BCUT2D eigenvalue weighted by atomic mass is 16.2. The molecule has 1 aliphatic carbocycles. The van der Waals surface area contributed by atoms with E-state index in [4.69, 9.17) is 5.73 Å². The van der Waals surface area contributed by atoms with Crippen LogP contribution in [-0.4, -0.2) is 23.6 Å². The summed E-state index contributed by atoms with van der Waals surface area (Å²) in [6.45, 7) is 0. The van der Waals surface area contributed by atoms with Gasteiger partial charge in [0.25, 0.3) is 0 Å². The first-order valence-corrected chi connectivity index (χ1v) is 7.70. The molecule has 0 saturated heterocycles. The van der Waals surface area contributed by atoms with Crippen molar-refractivity contribution < 1.29 is 14.4 Å². The fourth-order valence-corrected chi connectivity index (χ4v) is 2.91. The number of nitrogens with one attached hydrogen (secondary N) is 1. The molecule has 0 spiro atoms. The minimum atomic E-state index is -0.743. The predicted octanol–water partition coefficient (Wildman–Crippen LogP) is 1.35. The number of carbonyl (C=O) groups excluding carboxylic acids is 3. The molecule has 22 heavy (non-hydrogen) atoms. The highest BCUT2D eigenvalue weighted by Gasteiger charge is 2.31. The van der Waals surface area contributed by atoms with Crippen LogP contribution in [0.1, 0.15) is 37.7 Å². The van der Waals surface area contributed by atoms with Crippen LogP contribution in [0.3, 0.4) is 0 Å². The van der Waals surface area contributed by atoms with Crippen LogP contribution in [0.5, 0.6) is 0 Å². The van der Waals surface area contributed by atoms with Crippen molar-refractivity contribution in [3.63, 3.8) is 0 Å². The predicted molar refractivity (Wildman–Crippen MR) is 82.9 cm³/mol. The number of carbonyl (C=O) groups is 3. The van der Waals surface area contributed by atoms with E-state index in [9.17, 15) is 14.4 Å². The number of primary amides is 1. The average Bonchev–Trinajstić information content (AvgIpc) is 2.51. The van der Waals surface area contributed by atoms with Gasteiger partial charge < -0.3 is 11.1 Å². The van der Waals surface area contributed by atoms with E-state index in [2.05, 4.69) is 5.32 Å². The molecule has 1 aliphatic rings. The molecule has 118 valence electrons. The van der Waals surface area contributed by atoms with E-state index >= 15 is 0 Å². The van der Waals surface area contributed by atoms with Crippen LogP contribution in [0, 0.1) is 5.92 Å². The molecule has 0 aromatic heterocycles. The van der Waals surface area contributed by atoms with Gasteiger partial charge in [-0.05, 0) is 30.7 Å². The lowest BCUT2D eigenvalue weighted by Gasteiger charge is -2.28. The number of aryl methyl sites for hydroxylation is 1. The van der Waals surface area contributed by atoms with Gasteiger partial charge in [0, 0.05) is 19.3 Å². The summed E-state index contributed by atoms with van der Waals surface area (Å²) in [7, 11) is 0. The summed E-state index contributed by atoms with van der Waals surface area (Å²) in [5.74, 6) is -0.793. The SMILES string of the molecule is NC(=O)[C@@H](NC(=O)CCc1ccccc1)[C@@H]1CCCC(=O)C1. The Labute approximate surface area is 130 Å². The first kappa shape index (κ1) is 16.2. The van der Waals surface area contributed by atoms with Crippen molar-refractivity contribution in [3.8, 4) is 0 Å². The van der Waals surface area contributed by atoms with E-state index in [1.165, 1.54) is 0 Å². The van der Waals surface area contributed by atoms with E-state index < -0.39 is 11.9 Å². The second-order valence-electron chi connectivity index (χ2n) is 5.83. The Hall–Kier alpha value is -2.17. The maximum Gasteiger partial charge on any atom is 0.240 e. The fraction of sp³-hybridized carbons (Fsp3) is 0.471. The van der Waals surface area contributed by atoms with Crippen LogP contribution in [0.25, 0.3) is 0 Å². The standard InChI is InChI=1S/C17H22N2O3/c18-17(22)16(13-7-4-8-14(20)11-13)19-15(21)10-9-12-5-2-1-3-6-12/h1-3,5-6,13,16H,4,7-11H2,(H2,18,22)(H,19,21)/t13-,16+/m1/s1. The third-order valence-electron chi connectivity index (χ3n) is 4.10. The first-order valence-electron chi connectivity index (χ1n) is 7.70. The molecule has 1 saturated carbocycles. The summed E-state index contributed by atoms with van der Waals surface area (Å²) in [5, 5.41) is 2.71. The normalized spacial score (nSPS) is 19.5. The molecule has 1 fully saturated rings. The van der Waals surface area contributed by atoms with E-state index in [1.54, 1.807) is 0 Å². The molecule has 5 nitrogen and oxygen atoms in total. The zero-order valence-corrected chi connectivity index (χ0v) is 12.6. The van der Waals surface area contributed by atoms with Crippen LogP contribution in [0.4, 0.5) is 0 Å². The van der Waals surface area contributed by atoms with Crippen molar-refractivity contribution in [1.82, 2.24) is 5.32 Å². The van der Waals surface area contributed by atoms with Crippen LogP contribution >= 0.6 is 0 Å². The molecular weight excluding hydrogens is 280 g/mol. The second kappa shape index (κ2) is 7.73. The summed E-state index contributed by atoms with van der Waals surface area (Å²) in [4.78, 5) is 35.2. The van der Waals surface area contributed by atoms with Gasteiger partial charge in [-0.2, -0.15) is 0 Å². The lowest BCUT2D eigenvalue weighted by atomic mass is 9.83. The first-order chi connectivity index (χ1) is 10.6. The maximum atomic E-state index is 12.1. The van der Waals surface area contributed by atoms with Gasteiger partial charge in [0.15, 0.2) is 0 Å². The molecule has 2 rings (SSSR count). The van der Waals surface area contributed by atoms with Crippen molar-refractivity contribution in [2.45, 2.75) is 44.6 Å². The maximum absolute atomic E-state index is 12.1. The summed E-state index contributed by atoms with van der Waals surface area (Å²) >= 11 is 0. The Morgan fingerprint density at radius 2 is 2.00 bits per heavy atom. The number of ketones is 1. The van der Waals surface area contributed by atoms with Crippen LogP contribution in [-0.2, 0) is 20.8 Å². The number of hydrogen-bond acceptors (Lipinski definition) is 3. The van der Waals surface area contributed by atoms with Gasteiger partial charge in [-0.1, -0.05) is 30.3 Å². The Morgan fingerprint density at radius 3 is 2.64 bits per heavy atom. The molecule has 0 unspecified atom stereocenters. The smallest absolute Gasteiger partial charge is 0.240 e. The van der Waals surface area contributed by atoms with Gasteiger partial charge in [0.2, 0.25) is 11.8 Å². The number of hydrogen-bond donors (Lipinski definition) is 2. The highest BCUT2D eigenvalue weighted by Crippen LogP contribution is 2.24. The average molecular weight is 302 g/mol. The molecule has 2 atom stereocenters. The van der Waals surface area contributed by atoms with Crippen molar-refractivity contribution in [2.75, 3.05) is 0 Å². The molecule has 5 heteroatoms. The van der Waals surface area contributed by atoms with Crippen molar-refractivity contribution in [2.24, 2.45) is 11.7 Å². The molecule has 1 aromatic rings. The van der Waals surface area contributed by atoms with Gasteiger partial charge in [-0.25, -0.2) is 0 Å². The van der Waals surface area contributed by atoms with Crippen molar-refractivity contribution in [1.29, 1.82) is 0 Å². The Balaban J connectivity index is 1.88. The minimum absolute atomic E-state index is 0.140. The van der Waals surface area contributed by atoms with Crippen LogP contribution < -0.4 is 11.1 Å². The summed E-state index contributed by atoms with van der Waals surface area (Å²) in [6.07, 6.45) is 3.30. The Kier molecular flexibility index (Phi) is 5.69. The molecule has 0 aliphatic heterocycles. The Morgan fingerprint density at radius 1 is 1.27 bits per heavy atom. The molecular formula is C17H22N2O3. The van der Waals surface area contributed by atoms with E-state index in [0.29, 0.717) is 25.7 Å². The van der Waals surface area contributed by atoms with Gasteiger partial charge >= 0.3 is 0 Å². The molecule has 1 aromatic carbocycles. The largest absolute Gasteiger partial charge is 0.368 e. The molecule has 3 N–H and O–H groups in total. The molecule has 0 radical (unpaired) electrons. The topological polar surface area (TPSA) is 89.3 Å². The molecule has 2 amide bonds. The second-order valence-corrected chi connectivity index (χ2v) is 5.83. The monoisotopic (exact) mass is 302 g/mol. The third-order valence-corrected chi connectivity index (χ3v) is 4.10. The number of amides is 2. The summed E-state index contributed by atoms with van der Waals surface area (Å²) in [6, 6.07) is 8.94. The van der Waals surface area contributed by atoms with Crippen LogP contribution in [0.2, 0.25) is 0 Å². The van der Waals surface area contributed by atoms with Gasteiger partial charge in [-0.3, -0.25) is 14.4 Å². The highest BCUT2D eigenvalue weighted by molar-refractivity contribution is 5.88. The van der Waals surface area contributed by atoms with Gasteiger partial charge in [0.05, 0.1) is 0 Å². The zero-order chi connectivity index (χ0) is 15.9.